The quantitative estimate of drug-likeness (QED) is 0.316. The number of anilines is 3. The first kappa shape index (κ1) is 24.2. The number of aliphatic hydroxyl groups is 1. The summed E-state index contributed by atoms with van der Waals surface area (Å²) < 4.78 is 18.0. The summed E-state index contributed by atoms with van der Waals surface area (Å²) in [4.78, 5) is 26.2. The molecule has 0 unspecified atom stereocenters. The second-order valence-electron chi connectivity index (χ2n) is 9.49. The highest BCUT2D eigenvalue weighted by Crippen LogP contribution is 2.29. The van der Waals surface area contributed by atoms with E-state index in [0.717, 1.165) is 10.9 Å². The Kier molecular flexibility index (Phi) is 6.01. The van der Waals surface area contributed by atoms with Crippen LogP contribution in [0.3, 0.4) is 0 Å². The van der Waals surface area contributed by atoms with Crippen LogP contribution in [0.2, 0.25) is 0 Å². The van der Waals surface area contributed by atoms with Gasteiger partial charge in [-0.3, -0.25) is 14.3 Å². The lowest BCUT2D eigenvalue weighted by molar-refractivity contribution is -0.116. The molecule has 8 nitrogen and oxygen atoms in total. The van der Waals surface area contributed by atoms with Gasteiger partial charge < -0.3 is 20.3 Å². The van der Waals surface area contributed by atoms with Crippen molar-refractivity contribution in [2.45, 2.75) is 26.0 Å². The van der Waals surface area contributed by atoms with Gasteiger partial charge in [0.05, 0.1) is 28.4 Å². The highest BCUT2D eigenvalue weighted by Gasteiger charge is 2.18. The number of carbonyl (C=O) groups is 1. The van der Waals surface area contributed by atoms with E-state index in [9.17, 15) is 19.1 Å². The largest absolute Gasteiger partial charge is 0.386 e. The number of nitrogens with one attached hydrogen (secondary N) is 2. The molecule has 1 amide bonds. The van der Waals surface area contributed by atoms with Crippen molar-refractivity contribution < 1.29 is 14.3 Å². The smallest absolute Gasteiger partial charge is 0.261 e. The SMILES string of the molecule is Cn1ncc2cc(Nc3c(F)ccc4ccn(CC(=O)Nc5cccc(C(C)(C)O)c5)c(=O)c34)ccc21. The fourth-order valence-corrected chi connectivity index (χ4v) is 4.31. The van der Waals surface area contributed by atoms with Gasteiger partial charge in [0.15, 0.2) is 0 Å². The number of aryl methyl sites for hydroxylation is 1. The van der Waals surface area contributed by atoms with Crippen molar-refractivity contribution >= 4 is 44.6 Å². The maximum atomic E-state index is 15.0. The number of halogens is 1. The Balaban J connectivity index is 1.45. The van der Waals surface area contributed by atoms with Gasteiger partial charge >= 0.3 is 0 Å². The third-order valence-corrected chi connectivity index (χ3v) is 6.28. The first-order valence-corrected chi connectivity index (χ1v) is 11.7. The molecule has 0 fully saturated rings. The molecular formula is C28H26FN5O3. The first-order chi connectivity index (χ1) is 17.6. The lowest BCUT2D eigenvalue weighted by Crippen LogP contribution is -2.28. The van der Waals surface area contributed by atoms with E-state index in [-0.39, 0.29) is 17.6 Å². The molecule has 2 aromatic heterocycles. The molecule has 9 heteroatoms. The zero-order valence-corrected chi connectivity index (χ0v) is 20.6. The zero-order chi connectivity index (χ0) is 26.3. The number of fused-ring (bicyclic) bond motifs is 2. The molecule has 0 aliphatic rings. The Labute approximate surface area is 212 Å². The number of hydrogen-bond acceptors (Lipinski definition) is 5. The molecule has 0 saturated heterocycles. The van der Waals surface area contributed by atoms with Gasteiger partial charge in [0.2, 0.25) is 5.91 Å². The topological polar surface area (TPSA) is 101 Å². The summed E-state index contributed by atoms with van der Waals surface area (Å²) in [5.74, 6) is -1.01. The predicted octanol–water partition coefficient (Wildman–Crippen LogP) is 4.64. The number of nitrogens with zero attached hydrogens (tertiary/aromatic N) is 3. The minimum Gasteiger partial charge on any atom is -0.386 e. The Morgan fingerprint density at radius 2 is 1.86 bits per heavy atom. The zero-order valence-electron chi connectivity index (χ0n) is 20.6. The van der Waals surface area contributed by atoms with E-state index in [4.69, 9.17) is 0 Å². The van der Waals surface area contributed by atoms with Crippen LogP contribution in [0, 0.1) is 5.82 Å². The maximum absolute atomic E-state index is 15.0. The first-order valence-electron chi connectivity index (χ1n) is 11.7. The van der Waals surface area contributed by atoms with Crippen molar-refractivity contribution in [2.24, 2.45) is 7.05 Å². The van der Waals surface area contributed by atoms with Crippen LogP contribution in [0.25, 0.3) is 21.7 Å². The summed E-state index contributed by atoms with van der Waals surface area (Å²) in [6.45, 7) is 3.05. The molecule has 188 valence electrons. The van der Waals surface area contributed by atoms with Crippen LogP contribution in [0.5, 0.6) is 0 Å². The summed E-state index contributed by atoms with van der Waals surface area (Å²) >= 11 is 0. The van der Waals surface area contributed by atoms with Crippen LogP contribution in [0.1, 0.15) is 19.4 Å². The van der Waals surface area contributed by atoms with Gasteiger partial charge in [0.25, 0.3) is 5.56 Å². The van der Waals surface area contributed by atoms with Crippen LogP contribution in [0.15, 0.2) is 77.9 Å². The number of benzene rings is 3. The standard InChI is InChI=1S/C28H26FN5O3/c1-28(2,37)19-5-4-6-20(14-19)31-24(35)16-34-12-11-17-7-9-22(29)26(25(17)27(34)36)32-21-8-10-23-18(13-21)15-30-33(23)3/h4-15,32,37H,16H2,1-3H3,(H,31,35). The molecule has 0 aliphatic carbocycles. The van der Waals surface area contributed by atoms with Crippen molar-refractivity contribution in [2.75, 3.05) is 10.6 Å². The number of rotatable bonds is 6. The van der Waals surface area contributed by atoms with Crippen molar-refractivity contribution in [3.8, 4) is 0 Å². The molecule has 0 saturated carbocycles. The predicted molar refractivity (Wildman–Crippen MR) is 142 cm³/mol. The van der Waals surface area contributed by atoms with Crippen LogP contribution >= 0.6 is 0 Å². The Morgan fingerprint density at radius 3 is 2.65 bits per heavy atom. The molecular weight excluding hydrogens is 473 g/mol. The van der Waals surface area contributed by atoms with Crippen molar-refractivity contribution in [3.63, 3.8) is 0 Å². The summed E-state index contributed by atoms with van der Waals surface area (Å²) in [5, 5.41) is 21.8. The average molecular weight is 500 g/mol. The van der Waals surface area contributed by atoms with Gasteiger partial charge in [0, 0.05) is 30.0 Å². The van der Waals surface area contributed by atoms with E-state index in [1.807, 2.05) is 19.2 Å². The van der Waals surface area contributed by atoms with Crippen LogP contribution in [0.4, 0.5) is 21.5 Å². The number of hydrogen-bond donors (Lipinski definition) is 3. The van der Waals surface area contributed by atoms with E-state index in [2.05, 4.69) is 15.7 Å². The summed E-state index contributed by atoms with van der Waals surface area (Å²) in [6, 6.07) is 16.9. The van der Waals surface area contributed by atoms with E-state index < -0.39 is 22.9 Å². The molecule has 0 atom stereocenters. The Hall–Kier alpha value is -4.50. The summed E-state index contributed by atoms with van der Waals surface area (Å²) in [7, 11) is 1.84. The van der Waals surface area contributed by atoms with E-state index >= 15 is 0 Å². The number of amides is 1. The fourth-order valence-electron chi connectivity index (χ4n) is 4.31. The molecule has 2 heterocycles. The molecule has 3 aromatic carbocycles. The fraction of sp³-hybridized carbons (Fsp3) is 0.179. The van der Waals surface area contributed by atoms with Crippen molar-refractivity contribution in [1.82, 2.24) is 14.3 Å². The monoisotopic (exact) mass is 499 g/mol. The molecule has 3 N–H and O–H groups in total. The molecule has 0 aliphatic heterocycles. The van der Waals surface area contributed by atoms with Gasteiger partial charge in [0.1, 0.15) is 12.4 Å². The van der Waals surface area contributed by atoms with Crippen LogP contribution < -0.4 is 16.2 Å². The average Bonchev–Trinajstić information content (AvgIpc) is 3.22. The minimum atomic E-state index is -1.06. The van der Waals surface area contributed by atoms with Crippen molar-refractivity contribution in [1.29, 1.82) is 0 Å². The lowest BCUT2D eigenvalue weighted by Gasteiger charge is -2.18. The Morgan fingerprint density at radius 1 is 1.05 bits per heavy atom. The molecule has 5 aromatic rings. The third-order valence-electron chi connectivity index (χ3n) is 6.28. The second-order valence-corrected chi connectivity index (χ2v) is 9.49. The highest BCUT2D eigenvalue weighted by atomic mass is 19.1. The van der Waals surface area contributed by atoms with Gasteiger partial charge in [-0.1, -0.05) is 18.2 Å². The second kappa shape index (κ2) is 9.18. The van der Waals surface area contributed by atoms with Gasteiger partial charge in [-0.2, -0.15) is 5.10 Å². The summed E-state index contributed by atoms with van der Waals surface area (Å²) in [6.07, 6.45) is 3.23. The minimum absolute atomic E-state index is 0.0402. The molecule has 0 bridgehead atoms. The summed E-state index contributed by atoms with van der Waals surface area (Å²) in [5.41, 5.74) is 1.14. The third kappa shape index (κ3) is 4.81. The number of aromatic nitrogens is 3. The number of pyridine rings is 1. The highest BCUT2D eigenvalue weighted by molar-refractivity contribution is 5.96. The molecule has 5 rings (SSSR count). The van der Waals surface area contributed by atoms with E-state index in [1.165, 1.54) is 22.9 Å². The molecule has 0 radical (unpaired) electrons. The van der Waals surface area contributed by atoms with Gasteiger partial charge in [-0.25, -0.2) is 4.39 Å². The Bertz CT molecular complexity index is 1720. The van der Waals surface area contributed by atoms with Gasteiger partial charge in [-0.15, -0.1) is 0 Å². The van der Waals surface area contributed by atoms with Crippen LogP contribution in [-0.2, 0) is 24.0 Å². The van der Waals surface area contributed by atoms with Crippen molar-refractivity contribution in [3.05, 3.63) is 94.8 Å². The number of carbonyl (C=O) groups excluding carboxylic acids is 1. The molecule has 0 spiro atoms. The van der Waals surface area contributed by atoms with E-state index in [0.29, 0.717) is 22.3 Å². The van der Waals surface area contributed by atoms with Gasteiger partial charge in [-0.05, 0) is 67.3 Å². The van der Waals surface area contributed by atoms with Crippen LogP contribution in [-0.4, -0.2) is 25.4 Å². The molecule has 37 heavy (non-hydrogen) atoms. The lowest BCUT2D eigenvalue weighted by atomic mass is 9.98. The van der Waals surface area contributed by atoms with E-state index in [1.54, 1.807) is 61.1 Å². The normalized spacial score (nSPS) is 11.7. The maximum Gasteiger partial charge on any atom is 0.261 e.